The van der Waals surface area contributed by atoms with Crippen LogP contribution in [0.15, 0.2) is 121 Å². The van der Waals surface area contributed by atoms with Crippen LogP contribution >= 0.6 is 0 Å². The molecule has 0 aliphatic heterocycles. The van der Waals surface area contributed by atoms with Crippen LogP contribution in [0.4, 0.5) is 0 Å². The van der Waals surface area contributed by atoms with E-state index >= 15 is 0 Å². The molecule has 0 saturated heterocycles. The van der Waals surface area contributed by atoms with E-state index in [0.29, 0.717) is 0 Å². The largest absolute Gasteiger partial charge is 0.355 e. The van der Waals surface area contributed by atoms with Gasteiger partial charge in [-0.3, -0.25) is 0 Å². The highest BCUT2D eigenvalue weighted by molar-refractivity contribution is 6.13. The van der Waals surface area contributed by atoms with E-state index in [9.17, 15) is 0 Å². The molecular formula is C32H21N. The molecule has 7 aromatic rings. The fourth-order valence-corrected chi connectivity index (χ4v) is 5.18. The van der Waals surface area contributed by atoms with Crippen molar-refractivity contribution in [1.29, 1.82) is 0 Å². The summed E-state index contributed by atoms with van der Waals surface area (Å²) in [5.41, 5.74) is 7.39. The summed E-state index contributed by atoms with van der Waals surface area (Å²) in [5.74, 6) is 0. The van der Waals surface area contributed by atoms with Crippen LogP contribution in [0, 0.1) is 0 Å². The van der Waals surface area contributed by atoms with Gasteiger partial charge in [0.2, 0.25) is 0 Å². The first kappa shape index (κ1) is 18.2. The first-order valence-corrected chi connectivity index (χ1v) is 11.4. The SMILES string of the molecule is c1ccc2c(-c3ccc(-c4ccc5[nH]c6ccccc6c5c4)cc3)c3ccccc3cc2c1. The molecule has 1 heteroatoms. The van der Waals surface area contributed by atoms with Gasteiger partial charge in [0, 0.05) is 21.8 Å². The molecule has 1 N–H and O–H groups in total. The average Bonchev–Trinajstić information content (AvgIpc) is 3.25. The molecule has 0 radical (unpaired) electrons. The minimum atomic E-state index is 1.18. The molecular weight excluding hydrogens is 398 g/mol. The van der Waals surface area contributed by atoms with Crippen molar-refractivity contribution >= 4 is 43.4 Å². The Morgan fingerprint density at radius 1 is 0.364 bits per heavy atom. The van der Waals surface area contributed by atoms with Crippen molar-refractivity contribution in [2.75, 3.05) is 0 Å². The van der Waals surface area contributed by atoms with Gasteiger partial charge in [-0.1, -0.05) is 97.1 Å². The van der Waals surface area contributed by atoms with Crippen LogP contribution in [0.2, 0.25) is 0 Å². The Hall–Kier alpha value is -4.36. The van der Waals surface area contributed by atoms with E-state index in [1.807, 2.05) is 0 Å². The Balaban J connectivity index is 1.39. The van der Waals surface area contributed by atoms with Gasteiger partial charge in [0.05, 0.1) is 0 Å². The maximum atomic E-state index is 3.52. The van der Waals surface area contributed by atoms with Gasteiger partial charge in [-0.25, -0.2) is 0 Å². The monoisotopic (exact) mass is 419 g/mol. The summed E-state index contributed by atoms with van der Waals surface area (Å²) in [4.78, 5) is 3.52. The average molecular weight is 420 g/mol. The molecule has 0 bridgehead atoms. The van der Waals surface area contributed by atoms with Crippen molar-refractivity contribution in [2.24, 2.45) is 0 Å². The summed E-state index contributed by atoms with van der Waals surface area (Å²) in [5, 5.41) is 7.69. The number of nitrogens with one attached hydrogen (secondary N) is 1. The van der Waals surface area contributed by atoms with Gasteiger partial charge in [0.1, 0.15) is 0 Å². The van der Waals surface area contributed by atoms with E-state index in [-0.39, 0.29) is 0 Å². The van der Waals surface area contributed by atoms with Gasteiger partial charge in [-0.05, 0) is 68.1 Å². The second kappa shape index (κ2) is 7.08. The zero-order valence-corrected chi connectivity index (χ0v) is 18.0. The lowest BCUT2D eigenvalue weighted by molar-refractivity contribution is 1.54. The molecule has 0 aliphatic rings. The second-order valence-corrected chi connectivity index (χ2v) is 8.70. The lowest BCUT2D eigenvalue weighted by Crippen LogP contribution is -1.86. The zero-order valence-electron chi connectivity index (χ0n) is 18.0. The number of para-hydroxylation sites is 1. The number of aromatic amines is 1. The van der Waals surface area contributed by atoms with Gasteiger partial charge in [0.25, 0.3) is 0 Å². The summed E-state index contributed by atoms with van der Waals surface area (Å²) < 4.78 is 0. The highest BCUT2D eigenvalue weighted by atomic mass is 14.7. The second-order valence-electron chi connectivity index (χ2n) is 8.70. The molecule has 6 aromatic carbocycles. The zero-order chi connectivity index (χ0) is 21.8. The third kappa shape index (κ3) is 2.86. The molecule has 1 aromatic heterocycles. The number of rotatable bonds is 2. The van der Waals surface area contributed by atoms with Crippen molar-refractivity contribution in [3.05, 3.63) is 121 Å². The van der Waals surface area contributed by atoms with Gasteiger partial charge in [-0.2, -0.15) is 0 Å². The van der Waals surface area contributed by atoms with Crippen LogP contribution in [-0.4, -0.2) is 4.98 Å². The van der Waals surface area contributed by atoms with E-state index in [1.54, 1.807) is 0 Å². The maximum absolute atomic E-state index is 3.52. The normalized spacial score (nSPS) is 11.6. The van der Waals surface area contributed by atoms with Crippen molar-refractivity contribution < 1.29 is 0 Å². The molecule has 0 amide bonds. The molecule has 0 spiro atoms. The fourth-order valence-electron chi connectivity index (χ4n) is 5.18. The number of H-pyrrole nitrogens is 1. The topological polar surface area (TPSA) is 15.8 Å². The van der Waals surface area contributed by atoms with Crippen molar-refractivity contribution in [3.63, 3.8) is 0 Å². The Kier molecular flexibility index (Phi) is 3.91. The van der Waals surface area contributed by atoms with Gasteiger partial charge >= 0.3 is 0 Å². The summed E-state index contributed by atoms with van der Waals surface area (Å²) in [6.45, 7) is 0. The van der Waals surface area contributed by atoms with Crippen LogP contribution < -0.4 is 0 Å². The van der Waals surface area contributed by atoms with Gasteiger partial charge in [0.15, 0.2) is 0 Å². The minimum Gasteiger partial charge on any atom is -0.355 e. The van der Waals surface area contributed by atoms with E-state index in [2.05, 4.69) is 126 Å². The minimum absolute atomic E-state index is 1.18. The molecule has 0 unspecified atom stereocenters. The lowest BCUT2D eigenvalue weighted by Gasteiger charge is -2.13. The number of fused-ring (bicyclic) bond motifs is 5. The molecule has 0 atom stereocenters. The molecule has 0 aliphatic carbocycles. The van der Waals surface area contributed by atoms with Crippen molar-refractivity contribution in [2.45, 2.75) is 0 Å². The molecule has 1 heterocycles. The van der Waals surface area contributed by atoms with Gasteiger partial charge in [-0.15, -0.1) is 0 Å². The fraction of sp³-hybridized carbons (Fsp3) is 0. The Morgan fingerprint density at radius 3 is 1.64 bits per heavy atom. The smallest absolute Gasteiger partial charge is 0.0465 e. The number of hydrogen-bond donors (Lipinski definition) is 1. The predicted molar refractivity (Wildman–Crippen MR) is 142 cm³/mol. The summed E-state index contributed by atoms with van der Waals surface area (Å²) >= 11 is 0. The van der Waals surface area contributed by atoms with Crippen LogP contribution in [0.5, 0.6) is 0 Å². The summed E-state index contributed by atoms with van der Waals surface area (Å²) in [7, 11) is 0. The van der Waals surface area contributed by atoms with E-state index < -0.39 is 0 Å². The van der Waals surface area contributed by atoms with Crippen LogP contribution in [-0.2, 0) is 0 Å². The summed E-state index contributed by atoms with van der Waals surface area (Å²) in [6, 6.07) is 43.9. The molecule has 1 nitrogen and oxygen atoms in total. The molecule has 0 fully saturated rings. The first-order valence-electron chi connectivity index (χ1n) is 11.4. The first-order chi connectivity index (χ1) is 16.3. The highest BCUT2D eigenvalue weighted by Crippen LogP contribution is 2.37. The van der Waals surface area contributed by atoms with E-state index in [4.69, 9.17) is 0 Å². The number of aromatic nitrogens is 1. The Labute approximate surface area is 191 Å². The Bertz CT molecular complexity index is 1750. The van der Waals surface area contributed by atoms with Gasteiger partial charge < -0.3 is 4.98 Å². The van der Waals surface area contributed by atoms with Crippen LogP contribution in [0.3, 0.4) is 0 Å². The highest BCUT2D eigenvalue weighted by Gasteiger charge is 2.11. The summed E-state index contributed by atoms with van der Waals surface area (Å²) in [6.07, 6.45) is 0. The number of hydrogen-bond acceptors (Lipinski definition) is 0. The maximum Gasteiger partial charge on any atom is 0.0465 e. The molecule has 33 heavy (non-hydrogen) atoms. The van der Waals surface area contributed by atoms with E-state index in [0.717, 1.165) is 0 Å². The standard InChI is InChI=1S/C32H21N/c1-3-9-26-24(7-1)19-25-8-2-4-10-27(25)32(26)22-15-13-21(14-16-22)23-17-18-31-29(20-23)28-11-5-6-12-30(28)33-31/h1-20,33H. The lowest BCUT2D eigenvalue weighted by atomic mass is 9.91. The third-order valence-electron chi connectivity index (χ3n) is 6.78. The van der Waals surface area contributed by atoms with Crippen LogP contribution in [0.25, 0.3) is 65.6 Å². The van der Waals surface area contributed by atoms with Crippen molar-refractivity contribution in [1.82, 2.24) is 4.98 Å². The molecule has 154 valence electrons. The predicted octanol–water partition coefficient (Wildman–Crippen LogP) is 8.96. The quantitative estimate of drug-likeness (QED) is 0.269. The number of benzene rings is 6. The molecule has 7 rings (SSSR count). The van der Waals surface area contributed by atoms with Crippen molar-refractivity contribution in [3.8, 4) is 22.3 Å². The van der Waals surface area contributed by atoms with Crippen LogP contribution in [0.1, 0.15) is 0 Å². The molecule has 0 saturated carbocycles. The Morgan fingerprint density at radius 2 is 0.909 bits per heavy atom. The third-order valence-corrected chi connectivity index (χ3v) is 6.78. The van der Waals surface area contributed by atoms with E-state index in [1.165, 1.54) is 65.6 Å².